The second kappa shape index (κ2) is 4.87. The Labute approximate surface area is 101 Å². The summed E-state index contributed by atoms with van der Waals surface area (Å²) >= 11 is 4.22. The van der Waals surface area contributed by atoms with Crippen molar-refractivity contribution in [3.05, 3.63) is 59.7 Å². The summed E-state index contributed by atoms with van der Waals surface area (Å²) in [5.41, 5.74) is 3.95. The topological polar surface area (TPSA) is 23.8 Å². The van der Waals surface area contributed by atoms with Crippen LogP contribution in [0.25, 0.3) is 11.1 Å². The van der Waals surface area contributed by atoms with E-state index >= 15 is 0 Å². The van der Waals surface area contributed by atoms with E-state index in [2.05, 4.69) is 18.7 Å². The van der Waals surface area contributed by atoms with Gasteiger partial charge in [-0.25, -0.2) is 0 Å². The minimum Gasteiger partial charge on any atom is -0.192 e. The van der Waals surface area contributed by atoms with E-state index in [4.69, 9.17) is 5.26 Å². The summed E-state index contributed by atoms with van der Waals surface area (Å²) in [5.74, 6) is 0.736. The fraction of sp³-hybridized carbons (Fsp3) is 0.0714. The Morgan fingerprint density at radius 3 is 2.31 bits per heavy atom. The van der Waals surface area contributed by atoms with E-state index in [1.54, 1.807) is 0 Å². The first-order valence-electron chi connectivity index (χ1n) is 5.04. The van der Waals surface area contributed by atoms with Crippen LogP contribution in [0.1, 0.15) is 11.1 Å². The molecule has 0 bridgehead atoms. The summed E-state index contributed by atoms with van der Waals surface area (Å²) < 4.78 is 0. The third kappa shape index (κ3) is 2.10. The quantitative estimate of drug-likeness (QED) is 0.775. The van der Waals surface area contributed by atoms with Gasteiger partial charge in [0.1, 0.15) is 0 Å². The number of nitriles is 1. The van der Waals surface area contributed by atoms with Gasteiger partial charge in [-0.3, -0.25) is 0 Å². The maximum Gasteiger partial charge on any atom is 0.0998 e. The van der Waals surface area contributed by atoms with E-state index in [0.29, 0.717) is 5.56 Å². The minimum absolute atomic E-state index is 0.709. The van der Waals surface area contributed by atoms with Crippen LogP contribution in [0.15, 0.2) is 48.5 Å². The molecule has 0 saturated heterocycles. The van der Waals surface area contributed by atoms with E-state index in [-0.39, 0.29) is 0 Å². The Hall–Kier alpha value is -1.72. The molecule has 0 unspecified atom stereocenters. The minimum atomic E-state index is 0.709. The molecule has 2 aromatic carbocycles. The molecule has 78 valence electrons. The van der Waals surface area contributed by atoms with Crippen LogP contribution in [0.3, 0.4) is 0 Å². The van der Waals surface area contributed by atoms with Gasteiger partial charge in [0.25, 0.3) is 0 Å². The Morgan fingerprint density at radius 2 is 1.69 bits per heavy atom. The SMILES string of the molecule is N#Cc1ccccc1-c1ccc(CS)cc1. The number of benzene rings is 2. The molecule has 0 aliphatic heterocycles. The van der Waals surface area contributed by atoms with Gasteiger partial charge in [-0.2, -0.15) is 17.9 Å². The number of rotatable bonds is 2. The number of thiol groups is 1. The second-order valence-corrected chi connectivity index (χ2v) is 3.83. The molecule has 0 fully saturated rings. The zero-order valence-electron chi connectivity index (χ0n) is 8.72. The highest BCUT2D eigenvalue weighted by atomic mass is 32.1. The van der Waals surface area contributed by atoms with Crippen molar-refractivity contribution >= 4 is 12.6 Å². The molecule has 2 rings (SSSR count). The van der Waals surface area contributed by atoms with Crippen molar-refractivity contribution in [2.24, 2.45) is 0 Å². The molecular formula is C14H11NS. The molecule has 0 radical (unpaired) electrons. The Balaban J connectivity index is 2.47. The smallest absolute Gasteiger partial charge is 0.0998 e. The van der Waals surface area contributed by atoms with E-state index in [1.165, 1.54) is 5.56 Å². The number of nitrogens with zero attached hydrogens (tertiary/aromatic N) is 1. The Kier molecular flexibility index (Phi) is 3.28. The summed E-state index contributed by atoms with van der Waals surface area (Å²) in [4.78, 5) is 0. The second-order valence-electron chi connectivity index (χ2n) is 3.51. The van der Waals surface area contributed by atoms with Crippen molar-refractivity contribution in [2.75, 3.05) is 0 Å². The molecule has 0 amide bonds. The zero-order valence-corrected chi connectivity index (χ0v) is 9.61. The molecule has 0 aromatic heterocycles. The van der Waals surface area contributed by atoms with Crippen LogP contribution in [-0.2, 0) is 5.75 Å². The van der Waals surface area contributed by atoms with Gasteiger partial charge in [0.2, 0.25) is 0 Å². The van der Waals surface area contributed by atoms with Gasteiger partial charge in [0.05, 0.1) is 11.6 Å². The molecule has 16 heavy (non-hydrogen) atoms. The maximum atomic E-state index is 9.02. The van der Waals surface area contributed by atoms with Crippen molar-refractivity contribution in [1.82, 2.24) is 0 Å². The normalized spacial score (nSPS) is 9.75. The molecule has 0 aliphatic rings. The van der Waals surface area contributed by atoms with Crippen LogP contribution in [0.4, 0.5) is 0 Å². The monoisotopic (exact) mass is 225 g/mol. The van der Waals surface area contributed by atoms with Crippen LogP contribution in [0.5, 0.6) is 0 Å². The van der Waals surface area contributed by atoms with Gasteiger partial charge in [-0.15, -0.1) is 0 Å². The van der Waals surface area contributed by atoms with Gasteiger partial charge in [0.15, 0.2) is 0 Å². The molecular weight excluding hydrogens is 214 g/mol. The lowest BCUT2D eigenvalue weighted by Gasteiger charge is -2.04. The third-order valence-electron chi connectivity index (χ3n) is 2.50. The first-order chi connectivity index (χ1) is 7.85. The van der Waals surface area contributed by atoms with E-state index < -0.39 is 0 Å². The van der Waals surface area contributed by atoms with Gasteiger partial charge < -0.3 is 0 Å². The lowest BCUT2D eigenvalue weighted by Crippen LogP contribution is -1.84. The predicted molar refractivity (Wildman–Crippen MR) is 69.3 cm³/mol. The van der Waals surface area contributed by atoms with Gasteiger partial charge in [-0.1, -0.05) is 42.5 Å². The highest BCUT2D eigenvalue weighted by molar-refractivity contribution is 7.79. The molecule has 0 N–H and O–H groups in total. The number of hydrogen-bond acceptors (Lipinski definition) is 2. The summed E-state index contributed by atoms with van der Waals surface area (Å²) in [6, 6.07) is 18.0. The fourth-order valence-electron chi connectivity index (χ4n) is 1.62. The van der Waals surface area contributed by atoms with E-state index in [0.717, 1.165) is 16.9 Å². The molecule has 0 spiro atoms. The summed E-state index contributed by atoms with van der Waals surface area (Å²) in [6.07, 6.45) is 0. The van der Waals surface area contributed by atoms with Crippen LogP contribution in [0, 0.1) is 11.3 Å². The maximum absolute atomic E-state index is 9.02. The van der Waals surface area contributed by atoms with Crippen LogP contribution < -0.4 is 0 Å². The average molecular weight is 225 g/mol. The van der Waals surface area contributed by atoms with Crippen molar-refractivity contribution in [3.8, 4) is 17.2 Å². The average Bonchev–Trinajstić information content (AvgIpc) is 2.39. The van der Waals surface area contributed by atoms with Crippen LogP contribution in [0.2, 0.25) is 0 Å². The van der Waals surface area contributed by atoms with Crippen molar-refractivity contribution in [3.63, 3.8) is 0 Å². The molecule has 0 aliphatic carbocycles. The first-order valence-corrected chi connectivity index (χ1v) is 5.67. The van der Waals surface area contributed by atoms with Gasteiger partial charge in [0, 0.05) is 5.75 Å². The molecule has 0 saturated carbocycles. The summed E-state index contributed by atoms with van der Waals surface area (Å²) in [5, 5.41) is 9.02. The number of hydrogen-bond donors (Lipinski definition) is 1. The lowest BCUT2D eigenvalue weighted by atomic mass is 10.00. The Morgan fingerprint density at radius 1 is 1.00 bits per heavy atom. The molecule has 2 heteroatoms. The Bertz CT molecular complexity index is 523. The summed E-state index contributed by atoms with van der Waals surface area (Å²) in [7, 11) is 0. The molecule has 1 nitrogen and oxygen atoms in total. The molecule has 0 heterocycles. The van der Waals surface area contributed by atoms with Gasteiger partial charge >= 0.3 is 0 Å². The van der Waals surface area contributed by atoms with Gasteiger partial charge in [-0.05, 0) is 22.8 Å². The zero-order chi connectivity index (χ0) is 11.4. The first kappa shape index (κ1) is 10.8. The van der Waals surface area contributed by atoms with Crippen molar-refractivity contribution in [2.45, 2.75) is 5.75 Å². The standard InChI is InChI=1S/C14H11NS/c15-9-13-3-1-2-4-14(13)12-7-5-11(10-16)6-8-12/h1-8,16H,10H2. The van der Waals surface area contributed by atoms with Crippen LogP contribution in [-0.4, -0.2) is 0 Å². The highest BCUT2D eigenvalue weighted by Gasteiger charge is 2.02. The third-order valence-corrected chi connectivity index (χ3v) is 2.86. The summed E-state index contributed by atoms with van der Waals surface area (Å²) in [6.45, 7) is 0. The highest BCUT2D eigenvalue weighted by Crippen LogP contribution is 2.23. The van der Waals surface area contributed by atoms with Crippen LogP contribution >= 0.6 is 12.6 Å². The fourth-order valence-corrected chi connectivity index (χ4v) is 1.83. The van der Waals surface area contributed by atoms with E-state index in [9.17, 15) is 0 Å². The largest absolute Gasteiger partial charge is 0.192 e. The van der Waals surface area contributed by atoms with Crippen molar-refractivity contribution < 1.29 is 0 Å². The van der Waals surface area contributed by atoms with Crippen molar-refractivity contribution in [1.29, 1.82) is 5.26 Å². The predicted octanol–water partition coefficient (Wildman–Crippen LogP) is 3.66. The lowest BCUT2D eigenvalue weighted by molar-refractivity contribution is 1.42. The van der Waals surface area contributed by atoms with E-state index in [1.807, 2.05) is 48.5 Å². The molecule has 2 aromatic rings. The molecule has 0 atom stereocenters.